The minimum atomic E-state index is 0.988. The van der Waals surface area contributed by atoms with E-state index in [4.69, 9.17) is 0 Å². The van der Waals surface area contributed by atoms with E-state index in [1.54, 1.807) is 0 Å². The van der Waals surface area contributed by atoms with E-state index in [1.165, 1.54) is 45.2 Å². The summed E-state index contributed by atoms with van der Waals surface area (Å²) in [6, 6.07) is 0.988. The Morgan fingerprint density at radius 1 is 1.18 bits per heavy atom. The third kappa shape index (κ3) is 1.44. The fourth-order valence-electron chi connectivity index (χ4n) is 2.44. The summed E-state index contributed by atoms with van der Waals surface area (Å²) >= 11 is 0. The second-order valence-corrected chi connectivity index (χ2v) is 4.14. The van der Waals surface area contributed by atoms with Crippen molar-refractivity contribution in [2.24, 2.45) is 5.92 Å². The smallest absolute Gasteiger partial charge is 0.0100 e. The van der Waals surface area contributed by atoms with Gasteiger partial charge in [0.2, 0.25) is 0 Å². The second-order valence-electron chi connectivity index (χ2n) is 4.14. The first-order valence-corrected chi connectivity index (χ1v) is 5.14. The molecule has 2 aliphatic rings. The molecule has 64 valence electrons. The molecule has 2 rings (SSSR count). The minimum Gasteiger partial charge on any atom is -0.300 e. The zero-order chi connectivity index (χ0) is 7.68. The SMILES string of the molecule is CCC1CC(N2CCCC2)C1. The molecule has 0 spiro atoms. The normalized spacial score (nSPS) is 39.0. The molecule has 0 aromatic carbocycles. The summed E-state index contributed by atoms with van der Waals surface area (Å²) in [4.78, 5) is 2.70. The highest BCUT2D eigenvalue weighted by Crippen LogP contribution is 2.35. The predicted molar refractivity (Wildman–Crippen MR) is 47.6 cm³/mol. The van der Waals surface area contributed by atoms with Gasteiger partial charge < -0.3 is 4.90 Å². The molecule has 1 aliphatic carbocycles. The molecule has 0 bridgehead atoms. The summed E-state index contributed by atoms with van der Waals surface area (Å²) in [7, 11) is 0. The van der Waals surface area contributed by atoms with Crippen molar-refractivity contribution in [1.82, 2.24) is 4.90 Å². The Kier molecular flexibility index (Phi) is 2.17. The van der Waals surface area contributed by atoms with Crippen LogP contribution in [-0.4, -0.2) is 24.0 Å². The van der Waals surface area contributed by atoms with Gasteiger partial charge in [0.05, 0.1) is 0 Å². The molecular formula is C10H19N. The molecule has 11 heavy (non-hydrogen) atoms. The van der Waals surface area contributed by atoms with Gasteiger partial charge in [0.15, 0.2) is 0 Å². The van der Waals surface area contributed by atoms with E-state index >= 15 is 0 Å². The van der Waals surface area contributed by atoms with Gasteiger partial charge in [-0.3, -0.25) is 0 Å². The summed E-state index contributed by atoms with van der Waals surface area (Å²) in [5.41, 5.74) is 0. The lowest BCUT2D eigenvalue weighted by atomic mass is 9.78. The maximum absolute atomic E-state index is 2.70. The van der Waals surface area contributed by atoms with Crippen molar-refractivity contribution in [2.75, 3.05) is 13.1 Å². The van der Waals surface area contributed by atoms with Gasteiger partial charge in [-0.25, -0.2) is 0 Å². The van der Waals surface area contributed by atoms with Crippen LogP contribution >= 0.6 is 0 Å². The Balaban J connectivity index is 1.73. The zero-order valence-electron chi connectivity index (χ0n) is 7.55. The van der Waals surface area contributed by atoms with Gasteiger partial charge in [-0.05, 0) is 44.7 Å². The lowest BCUT2D eigenvalue weighted by molar-refractivity contribution is 0.0976. The average Bonchev–Trinajstić information content (AvgIpc) is 2.37. The highest BCUT2D eigenvalue weighted by molar-refractivity contribution is 4.88. The summed E-state index contributed by atoms with van der Waals surface area (Å²) in [6.07, 6.45) is 7.30. The molecule has 1 saturated carbocycles. The van der Waals surface area contributed by atoms with Crippen molar-refractivity contribution in [3.05, 3.63) is 0 Å². The molecule has 0 aromatic rings. The molecule has 1 saturated heterocycles. The fraction of sp³-hybridized carbons (Fsp3) is 1.00. The zero-order valence-corrected chi connectivity index (χ0v) is 7.55. The topological polar surface area (TPSA) is 3.24 Å². The summed E-state index contributed by atoms with van der Waals surface area (Å²) in [5.74, 6) is 1.07. The van der Waals surface area contributed by atoms with Crippen molar-refractivity contribution < 1.29 is 0 Å². The Labute approximate surface area is 69.8 Å². The first-order chi connectivity index (χ1) is 5.40. The van der Waals surface area contributed by atoms with E-state index < -0.39 is 0 Å². The van der Waals surface area contributed by atoms with Crippen LogP contribution in [0.15, 0.2) is 0 Å². The molecule has 0 amide bonds. The van der Waals surface area contributed by atoms with E-state index in [9.17, 15) is 0 Å². The molecule has 0 aromatic heterocycles. The molecule has 0 N–H and O–H groups in total. The highest BCUT2D eigenvalue weighted by Gasteiger charge is 2.33. The fourth-order valence-corrected chi connectivity index (χ4v) is 2.44. The quantitative estimate of drug-likeness (QED) is 0.588. The molecule has 2 fully saturated rings. The second kappa shape index (κ2) is 3.14. The number of hydrogen-bond acceptors (Lipinski definition) is 1. The van der Waals surface area contributed by atoms with Crippen LogP contribution in [0.1, 0.15) is 39.0 Å². The van der Waals surface area contributed by atoms with Gasteiger partial charge >= 0.3 is 0 Å². The third-order valence-corrected chi connectivity index (χ3v) is 3.45. The maximum atomic E-state index is 2.70. The van der Waals surface area contributed by atoms with Crippen LogP contribution in [0.3, 0.4) is 0 Å². The van der Waals surface area contributed by atoms with E-state index in [0.29, 0.717) is 0 Å². The lowest BCUT2D eigenvalue weighted by Gasteiger charge is -2.40. The Hall–Kier alpha value is -0.0400. The summed E-state index contributed by atoms with van der Waals surface area (Å²) < 4.78 is 0. The molecule has 0 unspecified atom stereocenters. The van der Waals surface area contributed by atoms with Crippen LogP contribution in [0.5, 0.6) is 0 Å². The lowest BCUT2D eigenvalue weighted by Crippen LogP contribution is -2.42. The first-order valence-electron chi connectivity index (χ1n) is 5.14. The molecule has 1 aliphatic heterocycles. The maximum Gasteiger partial charge on any atom is 0.0100 e. The number of hydrogen-bond donors (Lipinski definition) is 0. The molecule has 1 nitrogen and oxygen atoms in total. The van der Waals surface area contributed by atoms with Crippen molar-refractivity contribution in [3.63, 3.8) is 0 Å². The standard InChI is InChI=1S/C10H19N/c1-2-9-7-10(8-9)11-5-3-4-6-11/h9-10H,2-8H2,1H3. The van der Waals surface area contributed by atoms with Crippen LogP contribution < -0.4 is 0 Å². The van der Waals surface area contributed by atoms with Crippen LogP contribution in [-0.2, 0) is 0 Å². The van der Waals surface area contributed by atoms with E-state index in [0.717, 1.165) is 12.0 Å². The first kappa shape index (κ1) is 7.60. The minimum absolute atomic E-state index is 0.988. The van der Waals surface area contributed by atoms with E-state index in [-0.39, 0.29) is 0 Å². The van der Waals surface area contributed by atoms with E-state index in [2.05, 4.69) is 11.8 Å². The van der Waals surface area contributed by atoms with Gasteiger partial charge in [-0.1, -0.05) is 13.3 Å². The van der Waals surface area contributed by atoms with Gasteiger partial charge in [0.1, 0.15) is 0 Å². The monoisotopic (exact) mass is 153 g/mol. The van der Waals surface area contributed by atoms with Crippen molar-refractivity contribution in [2.45, 2.75) is 45.1 Å². The van der Waals surface area contributed by atoms with Gasteiger partial charge in [-0.2, -0.15) is 0 Å². The Morgan fingerprint density at radius 2 is 1.82 bits per heavy atom. The molecular weight excluding hydrogens is 134 g/mol. The van der Waals surface area contributed by atoms with Crippen LogP contribution in [0.25, 0.3) is 0 Å². The molecule has 1 heterocycles. The van der Waals surface area contributed by atoms with Crippen molar-refractivity contribution >= 4 is 0 Å². The van der Waals surface area contributed by atoms with E-state index in [1.807, 2.05) is 0 Å². The number of rotatable bonds is 2. The van der Waals surface area contributed by atoms with Gasteiger partial charge in [0.25, 0.3) is 0 Å². The Bertz CT molecular complexity index is 121. The molecule has 0 atom stereocenters. The Morgan fingerprint density at radius 3 is 2.36 bits per heavy atom. The molecule has 0 radical (unpaired) electrons. The van der Waals surface area contributed by atoms with Crippen molar-refractivity contribution in [3.8, 4) is 0 Å². The third-order valence-electron chi connectivity index (χ3n) is 3.45. The van der Waals surface area contributed by atoms with Gasteiger partial charge in [0, 0.05) is 6.04 Å². The summed E-state index contributed by atoms with van der Waals surface area (Å²) in [5, 5.41) is 0. The van der Waals surface area contributed by atoms with Crippen LogP contribution in [0.2, 0.25) is 0 Å². The number of nitrogens with zero attached hydrogens (tertiary/aromatic N) is 1. The van der Waals surface area contributed by atoms with Gasteiger partial charge in [-0.15, -0.1) is 0 Å². The average molecular weight is 153 g/mol. The van der Waals surface area contributed by atoms with Crippen LogP contribution in [0.4, 0.5) is 0 Å². The summed E-state index contributed by atoms with van der Waals surface area (Å²) in [6.45, 7) is 5.10. The van der Waals surface area contributed by atoms with Crippen molar-refractivity contribution in [1.29, 1.82) is 0 Å². The largest absolute Gasteiger partial charge is 0.300 e. The predicted octanol–water partition coefficient (Wildman–Crippen LogP) is 2.27. The molecule has 1 heteroatoms. The number of likely N-dealkylation sites (tertiary alicyclic amines) is 1. The van der Waals surface area contributed by atoms with Crippen LogP contribution in [0, 0.1) is 5.92 Å². The highest BCUT2D eigenvalue weighted by atomic mass is 15.2.